The zero-order chi connectivity index (χ0) is 18.1. The molecule has 3 fully saturated rings. The molecular formula is C23H30O3. The number of hydrogen-bond donors (Lipinski definition) is 1. The molecule has 5 rings (SSSR count). The summed E-state index contributed by atoms with van der Waals surface area (Å²) in [4.78, 5) is 12.4. The van der Waals surface area contributed by atoms with Crippen LogP contribution in [-0.4, -0.2) is 16.7 Å². The summed E-state index contributed by atoms with van der Waals surface area (Å²) in [5, 5.41) is 9.84. The highest BCUT2D eigenvalue weighted by Crippen LogP contribution is 2.67. The molecule has 1 saturated heterocycles. The maximum absolute atomic E-state index is 12.4. The molecule has 4 aliphatic rings. The number of hydrogen-bond acceptors (Lipinski definition) is 3. The van der Waals surface area contributed by atoms with Gasteiger partial charge in [0, 0.05) is 5.41 Å². The van der Waals surface area contributed by atoms with Crippen LogP contribution in [0, 0.1) is 23.2 Å². The molecule has 140 valence electrons. The van der Waals surface area contributed by atoms with Gasteiger partial charge in [0.25, 0.3) is 0 Å². The summed E-state index contributed by atoms with van der Waals surface area (Å²) >= 11 is 0. The lowest BCUT2D eigenvalue weighted by Crippen LogP contribution is -2.55. The van der Waals surface area contributed by atoms with Crippen LogP contribution in [0.4, 0.5) is 0 Å². The minimum absolute atomic E-state index is 0.0321. The number of esters is 1. The zero-order valence-corrected chi connectivity index (χ0v) is 16.0. The first kappa shape index (κ1) is 16.6. The van der Waals surface area contributed by atoms with Gasteiger partial charge in [0.2, 0.25) is 0 Å². The molecule has 1 unspecified atom stereocenters. The van der Waals surface area contributed by atoms with E-state index in [4.69, 9.17) is 4.74 Å². The molecule has 1 aromatic rings. The summed E-state index contributed by atoms with van der Waals surface area (Å²) in [7, 11) is 0. The van der Waals surface area contributed by atoms with Crippen LogP contribution in [0.3, 0.4) is 0 Å². The predicted molar refractivity (Wildman–Crippen MR) is 99.9 cm³/mol. The molecule has 0 amide bonds. The highest BCUT2D eigenvalue weighted by atomic mass is 16.6. The minimum Gasteiger partial charge on any atom is -0.508 e. The normalized spacial score (nSPS) is 44.2. The van der Waals surface area contributed by atoms with Crippen molar-refractivity contribution in [3.8, 4) is 5.75 Å². The predicted octanol–water partition coefficient (Wildman–Crippen LogP) is 4.96. The van der Waals surface area contributed by atoms with Crippen molar-refractivity contribution >= 4 is 5.97 Å². The van der Waals surface area contributed by atoms with Crippen molar-refractivity contribution in [1.82, 2.24) is 0 Å². The van der Waals surface area contributed by atoms with E-state index in [9.17, 15) is 9.90 Å². The number of aromatic hydroxyl groups is 1. The molecule has 3 aliphatic carbocycles. The van der Waals surface area contributed by atoms with E-state index in [0.29, 0.717) is 23.5 Å². The lowest BCUT2D eigenvalue weighted by molar-refractivity contribution is -0.197. The number of aryl methyl sites for hydroxylation is 1. The van der Waals surface area contributed by atoms with Crippen molar-refractivity contribution in [2.24, 2.45) is 23.2 Å². The lowest BCUT2D eigenvalue weighted by atomic mass is 9.52. The van der Waals surface area contributed by atoms with Crippen molar-refractivity contribution in [3.63, 3.8) is 0 Å². The van der Waals surface area contributed by atoms with E-state index in [1.165, 1.54) is 30.4 Å². The molecule has 1 aliphatic heterocycles. The minimum atomic E-state index is -0.207. The SMILES string of the molecule is CC1CC[C@@]2(CC[C@H]3[C@@H]4CCc5cc(O)ccc5[C@H]4CC[C@@]32C)OC1=O. The van der Waals surface area contributed by atoms with Crippen LogP contribution in [0.15, 0.2) is 18.2 Å². The molecule has 1 N–H and O–H groups in total. The van der Waals surface area contributed by atoms with Gasteiger partial charge < -0.3 is 9.84 Å². The average Bonchev–Trinajstić information content (AvgIpc) is 2.90. The van der Waals surface area contributed by atoms with E-state index in [-0.39, 0.29) is 22.9 Å². The largest absolute Gasteiger partial charge is 0.508 e. The average molecular weight is 354 g/mol. The van der Waals surface area contributed by atoms with E-state index < -0.39 is 0 Å². The number of phenolic OH excluding ortho intramolecular Hbond substituents is 1. The molecule has 1 aromatic carbocycles. The molecular weight excluding hydrogens is 324 g/mol. The Kier molecular flexibility index (Phi) is 3.52. The zero-order valence-electron chi connectivity index (χ0n) is 16.0. The lowest BCUT2D eigenvalue weighted by Gasteiger charge is -2.55. The topological polar surface area (TPSA) is 46.5 Å². The van der Waals surface area contributed by atoms with Crippen LogP contribution in [0.25, 0.3) is 0 Å². The second-order valence-electron chi connectivity index (χ2n) is 9.65. The van der Waals surface area contributed by atoms with Gasteiger partial charge in [-0.1, -0.05) is 19.9 Å². The van der Waals surface area contributed by atoms with E-state index in [1.807, 2.05) is 19.1 Å². The summed E-state index contributed by atoms with van der Waals surface area (Å²) in [5.41, 5.74) is 2.75. The first-order valence-corrected chi connectivity index (χ1v) is 10.5. The van der Waals surface area contributed by atoms with Crippen molar-refractivity contribution in [2.75, 3.05) is 0 Å². The van der Waals surface area contributed by atoms with Crippen molar-refractivity contribution < 1.29 is 14.6 Å². The summed E-state index contributed by atoms with van der Waals surface area (Å²) in [6.45, 7) is 4.44. The van der Waals surface area contributed by atoms with Gasteiger partial charge in [0.05, 0.1) is 5.92 Å². The van der Waals surface area contributed by atoms with Gasteiger partial charge in [-0.25, -0.2) is 0 Å². The third kappa shape index (κ3) is 2.09. The number of carbonyl (C=O) groups is 1. The van der Waals surface area contributed by atoms with Gasteiger partial charge in [-0.3, -0.25) is 4.79 Å². The van der Waals surface area contributed by atoms with Gasteiger partial charge >= 0.3 is 5.97 Å². The fraction of sp³-hybridized carbons (Fsp3) is 0.696. The Labute approximate surface area is 156 Å². The summed E-state index contributed by atoms with van der Waals surface area (Å²) in [6.07, 6.45) is 8.91. The Bertz CT molecular complexity index is 756. The Morgan fingerprint density at radius 3 is 2.73 bits per heavy atom. The first-order chi connectivity index (χ1) is 12.4. The fourth-order valence-electron chi connectivity index (χ4n) is 7.15. The third-order valence-corrected chi connectivity index (χ3v) is 8.68. The second-order valence-corrected chi connectivity index (χ2v) is 9.65. The Morgan fingerprint density at radius 2 is 1.92 bits per heavy atom. The molecule has 3 nitrogen and oxygen atoms in total. The molecule has 3 heteroatoms. The Balaban J connectivity index is 1.48. The Morgan fingerprint density at radius 1 is 1.12 bits per heavy atom. The maximum Gasteiger partial charge on any atom is 0.309 e. The summed E-state index contributed by atoms with van der Waals surface area (Å²) in [5.74, 6) is 2.46. The summed E-state index contributed by atoms with van der Waals surface area (Å²) in [6, 6.07) is 5.99. The van der Waals surface area contributed by atoms with Crippen LogP contribution in [0.5, 0.6) is 5.75 Å². The van der Waals surface area contributed by atoms with Crippen molar-refractivity contribution in [3.05, 3.63) is 29.3 Å². The maximum atomic E-state index is 12.4. The molecule has 0 radical (unpaired) electrons. The standard InChI is InChI=1S/C23H30O3/c1-14-7-11-23(26-21(14)25)12-9-20-19-5-3-15-13-16(24)4-6-17(15)18(19)8-10-22(20,23)2/h4,6,13-14,18-20,24H,3,5,7-12H2,1-2H3/t14?,18-,19-,20+,22+,23+/m1/s1. The number of fused-ring (bicyclic) bond motifs is 6. The summed E-state index contributed by atoms with van der Waals surface area (Å²) < 4.78 is 6.21. The number of rotatable bonds is 0. The van der Waals surface area contributed by atoms with E-state index in [2.05, 4.69) is 13.0 Å². The van der Waals surface area contributed by atoms with Crippen molar-refractivity contribution in [1.29, 1.82) is 0 Å². The van der Waals surface area contributed by atoms with Crippen LogP contribution >= 0.6 is 0 Å². The van der Waals surface area contributed by atoms with Crippen molar-refractivity contribution in [2.45, 2.75) is 76.7 Å². The third-order valence-electron chi connectivity index (χ3n) is 8.68. The van der Waals surface area contributed by atoms with Gasteiger partial charge in [-0.2, -0.15) is 0 Å². The van der Waals surface area contributed by atoms with Gasteiger partial charge in [-0.15, -0.1) is 0 Å². The van der Waals surface area contributed by atoms with Crippen LogP contribution in [-0.2, 0) is 16.0 Å². The smallest absolute Gasteiger partial charge is 0.309 e. The van der Waals surface area contributed by atoms with Crippen LogP contribution in [0.2, 0.25) is 0 Å². The molecule has 0 bridgehead atoms. The fourth-order valence-corrected chi connectivity index (χ4v) is 7.15. The molecule has 1 spiro atoms. The molecule has 1 heterocycles. The number of benzene rings is 1. The van der Waals surface area contributed by atoms with Gasteiger partial charge in [0.15, 0.2) is 0 Å². The number of carbonyl (C=O) groups excluding carboxylic acids is 1. The Hall–Kier alpha value is -1.51. The quantitative estimate of drug-likeness (QED) is 0.670. The number of ether oxygens (including phenoxy) is 1. The molecule has 26 heavy (non-hydrogen) atoms. The molecule has 2 saturated carbocycles. The highest BCUT2D eigenvalue weighted by Gasteiger charge is 2.64. The monoisotopic (exact) mass is 354 g/mol. The van der Waals surface area contributed by atoms with Crippen LogP contribution in [0.1, 0.15) is 75.8 Å². The van der Waals surface area contributed by atoms with E-state index >= 15 is 0 Å². The van der Waals surface area contributed by atoms with Crippen LogP contribution < -0.4 is 0 Å². The number of phenols is 1. The molecule has 0 aromatic heterocycles. The van der Waals surface area contributed by atoms with Gasteiger partial charge in [0.1, 0.15) is 11.4 Å². The van der Waals surface area contributed by atoms with E-state index in [0.717, 1.165) is 32.1 Å². The van der Waals surface area contributed by atoms with Gasteiger partial charge in [-0.05, 0) is 92.4 Å². The first-order valence-electron chi connectivity index (χ1n) is 10.5. The highest BCUT2D eigenvalue weighted by molar-refractivity contribution is 5.73. The second kappa shape index (κ2) is 5.50. The molecule has 6 atom stereocenters. The van der Waals surface area contributed by atoms with E-state index in [1.54, 1.807) is 0 Å².